The van der Waals surface area contributed by atoms with Gasteiger partial charge in [-0.25, -0.2) is 0 Å². The lowest BCUT2D eigenvalue weighted by Gasteiger charge is -2.21. The molecule has 1 rings (SSSR count). The van der Waals surface area contributed by atoms with Gasteiger partial charge in [-0.15, -0.1) is 12.4 Å². The van der Waals surface area contributed by atoms with E-state index in [0.717, 1.165) is 6.61 Å². The predicted molar refractivity (Wildman–Crippen MR) is 36.9 cm³/mol. The molecule has 1 aliphatic rings. The third kappa shape index (κ3) is 3.01. The largest absolute Gasteiger partial charge is 0.375 e. The van der Waals surface area contributed by atoms with E-state index in [1.807, 2.05) is 7.05 Å². The van der Waals surface area contributed by atoms with Gasteiger partial charge in [0, 0.05) is 0 Å². The molecule has 1 saturated heterocycles. The van der Waals surface area contributed by atoms with Crippen molar-refractivity contribution in [2.45, 2.75) is 6.23 Å². The normalized spacial score (nSPS) is 27.0. The van der Waals surface area contributed by atoms with Crippen molar-refractivity contribution in [3.8, 4) is 0 Å². The van der Waals surface area contributed by atoms with Gasteiger partial charge in [-0.05, 0) is 7.05 Å². The Morgan fingerprint density at radius 1 is 1.44 bits per heavy atom. The van der Waals surface area contributed by atoms with Gasteiger partial charge in [0.05, 0.1) is 19.8 Å². The minimum atomic E-state index is 0. The average Bonchev–Trinajstić information content (AvgIpc) is 1.90. The molecule has 56 valence electrons. The minimum absolute atomic E-state index is 0. The summed E-state index contributed by atoms with van der Waals surface area (Å²) in [5.41, 5.74) is 0. The molecule has 0 aliphatic carbocycles. The van der Waals surface area contributed by atoms with Crippen LogP contribution in [-0.4, -0.2) is 33.1 Å². The second kappa shape index (κ2) is 4.99. The van der Waals surface area contributed by atoms with Crippen molar-refractivity contribution in [2.24, 2.45) is 0 Å². The summed E-state index contributed by atoms with van der Waals surface area (Å²) < 4.78 is 10.3. The monoisotopic (exact) mass is 153 g/mol. The first-order valence-electron chi connectivity index (χ1n) is 2.80. The lowest BCUT2D eigenvalue weighted by Crippen LogP contribution is -2.38. The molecule has 1 fully saturated rings. The number of likely N-dealkylation sites (N-methyl/N-ethyl adjacent to an activating group) is 1. The van der Waals surface area contributed by atoms with Crippen molar-refractivity contribution in [1.29, 1.82) is 0 Å². The molecule has 0 aromatic rings. The molecular weight excluding hydrogens is 142 g/mol. The Morgan fingerprint density at radius 3 is 2.56 bits per heavy atom. The van der Waals surface area contributed by atoms with Crippen molar-refractivity contribution in [1.82, 2.24) is 5.32 Å². The SMILES string of the molecule is CNC1COCCO1.Cl. The van der Waals surface area contributed by atoms with Crippen LogP contribution in [0.15, 0.2) is 0 Å². The molecule has 4 heteroatoms. The number of halogens is 1. The van der Waals surface area contributed by atoms with Gasteiger partial charge in [-0.1, -0.05) is 0 Å². The average molecular weight is 154 g/mol. The maximum Gasteiger partial charge on any atom is 0.131 e. The molecule has 1 atom stereocenters. The summed E-state index contributed by atoms with van der Waals surface area (Å²) in [7, 11) is 1.86. The quantitative estimate of drug-likeness (QED) is 0.576. The third-order valence-electron chi connectivity index (χ3n) is 1.14. The van der Waals surface area contributed by atoms with Crippen molar-refractivity contribution < 1.29 is 9.47 Å². The van der Waals surface area contributed by atoms with Gasteiger partial charge in [-0.3, -0.25) is 5.32 Å². The van der Waals surface area contributed by atoms with E-state index in [-0.39, 0.29) is 18.6 Å². The van der Waals surface area contributed by atoms with Crippen LogP contribution in [0.4, 0.5) is 0 Å². The Morgan fingerprint density at radius 2 is 2.22 bits per heavy atom. The van der Waals surface area contributed by atoms with Gasteiger partial charge >= 0.3 is 0 Å². The Labute approximate surface area is 61.1 Å². The molecule has 9 heavy (non-hydrogen) atoms. The predicted octanol–water partition coefficient (Wildman–Crippen LogP) is 0.000500. The zero-order valence-corrected chi connectivity index (χ0v) is 6.24. The topological polar surface area (TPSA) is 30.5 Å². The van der Waals surface area contributed by atoms with E-state index in [4.69, 9.17) is 9.47 Å². The minimum Gasteiger partial charge on any atom is -0.375 e. The van der Waals surface area contributed by atoms with E-state index >= 15 is 0 Å². The van der Waals surface area contributed by atoms with Crippen molar-refractivity contribution in [3.63, 3.8) is 0 Å². The van der Waals surface area contributed by atoms with E-state index in [1.54, 1.807) is 0 Å². The van der Waals surface area contributed by atoms with Gasteiger partial charge < -0.3 is 9.47 Å². The summed E-state index contributed by atoms with van der Waals surface area (Å²) >= 11 is 0. The smallest absolute Gasteiger partial charge is 0.131 e. The van der Waals surface area contributed by atoms with Crippen LogP contribution in [0.5, 0.6) is 0 Å². The zero-order chi connectivity index (χ0) is 5.82. The molecule has 1 heterocycles. The van der Waals surface area contributed by atoms with Gasteiger partial charge in [0.15, 0.2) is 0 Å². The number of hydrogen-bond donors (Lipinski definition) is 1. The van der Waals surface area contributed by atoms with Crippen LogP contribution in [0.1, 0.15) is 0 Å². The number of ether oxygens (including phenoxy) is 2. The molecule has 3 nitrogen and oxygen atoms in total. The molecule has 0 radical (unpaired) electrons. The molecule has 0 saturated carbocycles. The molecule has 0 aromatic carbocycles. The third-order valence-corrected chi connectivity index (χ3v) is 1.14. The Bertz CT molecular complexity index is 66.0. The fourth-order valence-corrected chi connectivity index (χ4v) is 0.654. The molecular formula is C5H12ClNO2. The van der Waals surface area contributed by atoms with Crippen LogP contribution in [0, 0.1) is 0 Å². The van der Waals surface area contributed by atoms with E-state index in [1.165, 1.54) is 0 Å². The summed E-state index contributed by atoms with van der Waals surface area (Å²) in [6.07, 6.45) is 0.115. The highest BCUT2D eigenvalue weighted by Crippen LogP contribution is 1.94. The summed E-state index contributed by atoms with van der Waals surface area (Å²) in [4.78, 5) is 0. The zero-order valence-electron chi connectivity index (χ0n) is 5.42. The van der Waals surface area contributed by atoms with Gasteiger partial charge in [0.1, 0.15) is 6.23 Å². The maximum atomic E-state index is 5.19. The van der Waals surface area contributed by atoms with Crippen molar-refractivity contribution >= 4 is 12.4 Å². The lowest BCUT2D eigenvalue weighted by molar-refractivity contribution is -0.0984. The highest BCUT2D eigenvalue weighted by atomic mass is 35.5. The highest BCUT2D eigenvalue weighted by molar-refractivity contribution is 5.85. The van der Waals surface area contributed by atoms with Gasteiger partial charge in [0.25, 0.3) is 0 Å². The number of rotatable bonds is 1. The summed E-state index contributed by atoms with van der Waals surface area (Å²) in [6.45, 7) is 2.13. The maximum absolute atomic E-state index is 5.19. The molecule has 0 spiro atoms. The standard InChI is InChI=1S/C5H11NO2.ClH/c1-6-5-4-7-2-3-8-5;/h5-6H,2-4H2,1H3;1H. The molecule has 1 N–H and O–H groups in total. The molecule has 0 aromatic heterocycles. The highest BCUT2D eigenvalue weighted by Gasteiger charge is 2.09. The van der Waals surface area contributed by atoms with Gasteiger partial charge in [0.2, 0.25) is 0 Å². The Kier molecular flexibility index (Phi) is 5.09. The summed E-state index contributed by atoms with van der Waals surface area (Å²) in [5, 5.41) is 2.96. The molecule has 1 unspecified atom stereocenters. The number of nitrogens with one attached hydrogen (secondary N) is 1. The van der Waals surface area contributed by atoms with Crippen LogP contribution < -0.4 is 5.32 Å². The van der Waals surface area contributed by atoms with Crippen LogP contribution in [0.3, 0.4) is 0 Å². The summed E-state index contributed by atoms with van der Waals surface area (Å²) in [5.74, 6) is 0. The second-order valence-electron chi connectivity index (χ2n) is 1.72. The number of hydrogen-bond acceptors (Lipinski definition) is 3. The fraction of sp³-hybridized carbons (Fsp3) is 1.00. The van der Waals surface area contributed by atoms with Crippen molar-refractivity contribution in [3.05, 3.63) is 0 Å². The summed E-state index contributed by atoms with van der Waals surface area (Å²) in [6, 6.07) is 0. The van der Waals surface area contributed by atoms with Crippen LogP contribution in [-0.2, 0) is 9.47 Å². The first kappa shape index (κ1) is 9.17. The van der Waals surface area contributed by atoms with Crippen LogP contribution >= 0.6 is 12.4 Å². The lowest BCUT2D eigenvalue weighted by atomic mass is 10.5. The van der Waals surface area contributed by atoms with Crippen molar-refractivity contribution in [2.75, 3.05) is 26.9 Å². The van der Waals surface area contributed by atoms with E-state index in [9.17, 15) is 0 Å². The molecule has 0 bridgehead atoms. The van der Waals surface area contributed by atoms with Crippen LogP contribution in [0.2, 0.25) is 0 Å². The molecule has 0 amide bonds. The second-order valence-corrected chi connectivity index (χ2v) is 1.72. The van der Waals surface area contributed by atoms with E-state index < -0.39 is 0 Å². The van der Waals surface area contributed by atoms with Gasteiger partial charge in [-0.2, -0.15) is 0 Å². The fourth-order valence-electron chi connectivity index (χ4n) is 0.654. The first-order valence-corrected chi connectivity index (χ1v) is 2.80. The van der Waals surface area contributed by atoms with E-state index in [2.05, 4.69) is 5.32 Å². The first-order chi connectivity index (χ1) is 3.93. The van der Waals surface area contributed by atoms with E-state index in [0.29, 0.717) is 13.2 Å². The Balaban J connectivity index is 0.000000640. The van der Waals surface area contributed by atoms with Crippen LogP contribution in [0.25, 0.3) is 0 Å². The Hall–Kier alpha value is 0.170. The molecule has 1 aliphatic heterocycles.